The number of hydrogen-bond acceptors (Lipinski definition) is 3. The Kier molecular flexibility index (Phi) is 7.49. The SMILES string of the molecule is c1ccc(-c2nc(-c3ccccc3-c3ccccc3)nc(-n3c4ccccc4c4c(-c5ccc6c(c5)C5(c7ccccc7-c7ccccc75)c5ccccc5-6)cccc43)n2)cc1. The fraction of sp³-hybridized carbons (Fsp3) is 0.0172. The molecule has 0 saturated heterocycles. The van der Waals surface area contributed by atoms with Gasteiger partial charge in [-0.1, -0.05) is 200 Å². The van der Waals surface area contributed by atoms with Crippen LogP contribution in [-0.2, 0) is 5.41 Å². The van der Waals surface area contributed by atoms with E-state index in [0.717, 1.165) is 49.6 Å². The molecule has 0 aliphatic heterocycles. The summed E-state index contributed by atoms with van der Waals surface area (Å²) in [5.41, 5.74) is 18.6. The van der Waals surface area contributed by atoms with Gasteiger partial charge >= 0.3 is 0 Å². The number of benzene rings is 9. The summed E-state index contributed by atoms with van der Waals surface area (Å²) in [5.74, 6) is 1.81. The second-order valence-electron chi connectivity index (χ2n) is 16.3. The van der Waals surface area contributed by atoms with Crippen LogP contribution in [0.1, 0.15) is 22.3 Å². The molecule has 2 aliphatic rings. The van der Waals surface area contributed by atoms with Gasteiger partial charge < -0.3 is 0 Å². The lowest BCUT2D eigenvalue weighted by atomic mass is 9.70. The summed E-state index contributed by atoms with van der Waals surface area (Å²) in [4.78, 5) is 15.8. The molecule has 1 spiro atoms. The zero-order valence-corrected chi connectivity index (χ0v) is 33.6. The van der Waals surface area contributed by atoms with E-state index in [4.69, 9.17) is 15.0 Å². The number of hydrogen-bond donors (Lipinski definition) is 0. The molecule has 0 atom stereocenters. The van der Waals surface area contributed by atoms with Crippen LogP contribution in [0.3, 0.4) is 0 Å². The maximum atomic E-state index is 5.36. The predicted molar refractivity (Wildman–Crippen MR) is 252 cm³/mol. The molecule has 0 N–H and O–H groups in total. The molecule has 9 aromatic carbocycles. The van der Waals surface area contributed by atoms with Crippen LogP contribution in [-0.4, -0.2) is 19.5 Å². The fourth-order valence-corrected chi connectivity index (χ4v) is 10.6. The Morgan fingerprint density at radius 3 is 1.48 bits per heavy atom. The van der Waals surface area contributed by atoms with Gasteiger partial charge in [0.25, 0.3) is 0 Å². The van der Waals surface area contributed by atoms with Crippen LogP contribution in [0.4, 0.5) is 0 Å². The van der Waals surface area contributed by atoms with Gasteiger partial charge in [0.15, 0.2) is 11.6 Å². The number of aromatic nitrogens is 4. The van der Waals surface area contributed by atoms with Gasteiger partial charge in [-0.05, 0) is 85.0 Å². The monoisotopic (exact) mass is 788 g/mol. The fourth-order valence-electron chi connectivity index (χ4n) is 10.6. The normalized spacial score (nSPS) is 13.0. The first-order chi connectivity index (χ1) is 30.8. The average molecular weight is 789 g/mol. The molecule has 2 aliphatic carbocycles. The lowest BCUT2D eigenvalue weighted by Gasteiger charge is -2.30. The Bertz CT molecular complexity index is 3520. The third-order valence-corrected chi connectivity index (χ3v) is 13.1. The van der Waals surface area contributed by atoms with Crippen molar-refractivity contribution in [2.24, 2.45) is 0 Å². The van der Waals surface area contributed by atoms with Crippen molar-refractivity contribution >= 4 is 21.8 Å². The number of fused-ring (bicyclic) bond motifs is 13. The van der Waals surface area contributed by atoms with Crippen LogP contribution in [0.2, 0.25) is 0 Å². The maximum absolute atomic E-state index is 5.36. The zero-order valence-electron chi connectivity index (χ0n) is 33.6. The standard InChI is InChI=1S/C58H36N4/c1-3-18-37(19-4-1)40-22-7-8-26-46(40)56-59-55(38-20-5-2-6-21-38)60-57(61-56)62-52-32-16-12-27-47(52)54-41(28-17-33-53(54)62)39-34-35-45-44-25-11-15-31-50(44)58(51(45)36-39)48-29-13-9-23-42(48)43-24-10-14-30-49(43)58/h1-36H. The van der Waals surface area contributed by atoms with Gasteiger partial charge in [0.1, 0.15) is 0 Å². The van der Waals surface area contributed by atoms with Crippen molar-refractivity contribution in [2.75, 3.05) is 0 Å². The van der Waals surface area contributed by atoms with Crippen LogP contribution in [0.25, 0.3) is 95.0 Å². The molecule has 4 heteroatoms. The van der Waals surface area contributed by atoms with E-state index >= 15 is 0 Å². The molecule has 0 bridgehead atoms. The highest BCUT2D eigenvalue weighted by Gasteiger charge is 2.51. The molecule has 13 rings (SSSR count). The quantitative estimate of drug-likeness (QED) is 0.174. The molecule has 2 heterocycles. The zero-order chi connectivity index (χ0) is 40.8. The minimum Gasteiger partial charge on any atom is -0.278 e. The number of rotatable bonds is 5. The molecule has 0 fully saturated rings. The van der Waals surface area contributed by atoms with Gasteiger partial charge in [0.2, 0.25) is 5.95 Å². The topological polar surface area (TPSA) is 43.6 Å². The third-order valence-electron chi connectivity index (χ3n) is 13.1. The van der Waals surface area contributed by atoms with E-state index in [0.29, 0.717) is 17.6 Å². The predicted octanol–water partition coefficient (Wildman–Crippen LogP) is 14.0. The first-order valence-electron chi connectivity index (χ1n) is 21.2. The lowest BCUT2D eigenvalue weighted by Crippen LogP contribution is -2.25. The van der Waals surface area contributed by atoms with Crippen LogP contribution in [0.15, 0.2) is 218 Å². The third kappa shape index (κ3) is 4.86. The van der Waals surface area contributed by atoms with E-state index in [1.54, 1.807) is 0 Å². The minimum absolute atomic E-state index is 0.428. The molecular formula is C58H36N4. The smallest absolute Gasteiger partial charge is 0.238 e. The van der Waals surface area contributed by atoms with Gasteiger partial charge in [-0.2, -0.15) is 9.97 Å². The Hall–Kier alpha value is -8.21. The highest BCUT2D eigenvalue weighted by molar-refractivity contribution is 6.16. The molecular weight excluding hydrogens is 753 g/mol. The highest BCUT2D eigenvalue weighted by atomic mass is 15.2. The molecule has 0 amide bonds. The van der Waals surface area contributed by atoms with E-state index in [1.807, 2.05) is 24.3 Å². The minimum atomic E-state index is -0.428. The Balaban J connectivity index is 1.06. The van der Waals surface area contributed by atoms with E-state index in [1.165, 1.54) is 50.1 Å². The van der Waals surface area contributed by atoms with Gasteiger partial charge in [-0.15, -0.1) is 0 Å². The summed E-state index contributed by atoms with van der Waals surface area (Å²) < 4.78 is 2.23. The summed E-state index contributed by atoms with van der Waals surface area (Å²) in [6.45, 7) is 0. The molecule has 62 heavy (non-hydrogen) atoms. The van der Waals surface area contributed by atoms with E-state index in [2.05, 4.69) is 199 Å². The molecule has 2 aromatic heterocycles. The van der Waals surface area contributed by atoms with Crippen LogP contribution >= 0.6 is 0 Å². The Morgan fingerprint density at radius 1 is 0.306 bits per heavy atom. The van der Waals surface area contributed by atoms with Gasteiger partial charge in [-0.25, -0.2) is 4.98 Å². The van der Waals surface area contributed by atoms with Crippen molar-refractivity contribution in [1.29, 1.82) is 0 Å². The largest absolute Gasteiger partial charge is 0.278 e. The lowest BCUT2D eigenvalue weighted by molar-refractivity contribution is 0.794. The second-order valence-corrected chi connectivity index (χ2v) is 16.3. The Labute approximate surface area is 359 Å². The van der Waals surface area contributed by atoms with Crippen molar-refractivity contribution in [3.63, 3.8) is 0 Å². The van der Waals surface area contributed by atoms with E-state index < -0.39 is 5.41 Å². The van der Waals surface area contributed by atoms with Crippen molar-refractivity contribution in [2.45, 2.75) is 5.41 Å². The molecule has 288 valence electrons. The average Bonchev–Trinajstić information content (AvgIpc) is 3.96. The number of para-hydroxylation sites is 1. The summed E-state index contributed by atoms with van der Waals surface area (Å²) in [6.07, 6.45) is 0. The molecule has 0 unspecified atom stereocenters. The molecule has 0 saturated carbocycles. The first-order valence-corrected chi connectivity index (χ1v) is 21.2. The highest BCUT2D eigenvalue weighted by Crippen LogP contribution is 2.63. The van der Waals surface area contributed by atoms with Crippen LogP contribution in [0, 0.1) is 0 Å². The summed E-state index contributed by atoms with van der Waals surface area (Å²) in [7, 11) is 0. The van der Waals surface area contributed by atoms with Gasteiger partial charge in [0.05, 0.1) is 16.4 Å². The van der Waals surface area contributed by atoms with Gasteiger partial charge in [0, 0.05) is 21.9 Å². The second kappa shape index (κ2) is 13.4. The van der Waals surface area contributed by atoms with E-state index in [-0.39, 0.29) is 0 Å². The summed E-state index contributed by atoms with van der Waals surface area (Å²) >= 11 is 0. The van der Waals surface area contributed by atoms with Crippen molar-refractivity contribution in [1.82, 2.24) is 19.5 Å². The van der Waals surface area contributed by atoms with E-state index in [9.17, 15) is 0 Å². The van der Waals surface area contributed by atoms with Crippen LogP contribution in [0.5, 0.6) is 0 Å². The maximum Gasteiger partial charge on any atom is 0.238 e. The summed E-state index contributed by atoms with van der Waals surface area (Å²) in [5, 5.41) is 2.30. The molecule has 0 radical (unpaired) electrons. The number of nitrogens with zero attached hydrogens (tertiary/aromatic N) is 4. The molecule has 4 nitrogen and oxygen atoms in total. The van der Waals surface area contributed by atoms with Gasteiger partial charge in [-0.3, -0.25) is 4.57 Å². The first kappa shape index (κ1) is 34.6. The Morgan fingerprint density at radius 2 is 0.806 bits per heavy atom. The molecule has 11 aromatic rings. The summed E-state index contributed by atoms with van der Waals surface area (Å²) in [6, 6.07) is 78.5. The van der Waals surface area contributed by atoms with Crippen molar-refractivity contribution in [3.8, 4) is 73.2 Å². The van der Waals surface area contributed by atoms with Crippen LogP contribution < -0.4 is 0 Å². The van der Waals surface area contributed by atoms with Crippen molar-refractivity contribution in [3.05, 3.63) is 241 Å². The van der Waals surface area contributed by atoms with Crippen molar-refractivity contribution < 1.29 is 0 Å².